The van der Waals surface area contributed by atoms with E-state index in [1.54, 1.807) is 10.9 Å². The Morgan fingerprint density at radius 2 is 2.47 bits per heavy atom. The highest BCUT2D eigenvalue weighted by atomic mass is 32.1. The lowest BCUT2D eigenvalue weighted by molar-refractivity contribution is 0.0647. The summed E-state index contributed by atoms with van der Waals surface area (Å²) in [5, 5.41) is 5.18. The molecule has 82 valence electrons. The lowest BCUT2D eigenvalue weighted by atomic mass is 10.0. The largest absolute Gasteiger partial charge is 0.334 e. The Morgan fingerprint density at radius 1 is 1.67 bits per heavy atom. The van der Waals surface area contributed by atoms with Crippen molar-refractivity contribution < 1.29 is 4.79 Å². The van der Waals surface area contributed by atoms with Crippen LogP contribution in [0.3, 0.4) is 0 Å². The van der Waals surface area contributed by atoms with Gasteiger partial charge >= 0.3 is 0 Å². The second kappa shape index (κ2) is 3.90. The predicted molar refractivity (Wildman–Crippen MR) is 60.1 cm³/mol. The maximum absolute atomic E-state index is 12.0. The minimum atomic E-state index is 0.00390. The molecule has 0 bridgehead atoms. The molecule has 0 spiro atoms. The van der Waals surface area contributed by atoms with E-state index >= 15 is 0 Å². The van der Waals surface area contributed by atoms with Crippen molar-refractivity contribution >= 4 is 17.2 Å². The molecular formula is C10H15N3OS. The zero-order valence-electron chi connectivity index (χ0n) is 8.99. The van der Waals surface area contributed by atoms with Crippen LogP contribution in [0, 0.1) is 0 Å². The van der Waals surface area contributed by atoms with Crippen LogP contribution in [0.5, 0.6) is 0 Å². The molecular weight excluding hydrogens is 210 g/mol. The number of thiazole rings is 1. The SMILES string of the molecule is CC1(C)CN(C(=O)c2cscn2)CCN1. The average molecular weight is 225 g/mol. The minimum Gasteiger partial charge on any atom is -0.334 e. The van der Waals surface area contributed by atoms with Crippen molar-refractivity contribution in [3.05, 3.63) is 16.6 Å². The van der Waals surface area contributed by atoms with Gasteiger partial charge in [-0.25, -0.2) is 4.98 Å². The Kier molecular flexibility index (Phi) is 2.75. The van der Waals surface area contributed by atoms with Gasteiger partial charge in [-0.2, -0.15) is 0 Å². The minimum absolute atomic E-state index is 0.00390. The van der Waals surface area contributed by atoms with Gasteiger partial charge in [-0.1, -0.05) is 0 Å². The van der Waals surface area contributed by atoms with Gasteiger partial charge in [0.1, 0.15) is 5.69 Å². The molecule has 0 atom stereocenters. The Bertz CT molecular complexity index is 348. The summed E-state index contributed by atoms with van der Waals surface area (Å²) in [6.45, 7) is 6.56. The molecule has 2 heterocycles. The molecule has 4 nitrogen and oxygen atoms in total. The molecule has 15 heavy (non-hydrogen) atoms. The fourth-order valence-electron chi connectivity index (χ4n) is 1.79. The molecule has 1 fully saturated rings. The zero-order chi connectivity index (χ0) is 10.9. The third-order valence-corrected chi connectivity index (χ3v) is 3.10. The summed E-state index contributed by atoms with van der Waals surface area (Å²) < 4.78 is 0. The molecule has 5 heteroatoms. The van der Waals surface area contributed by atoms with E-state index < -0.39 is 0 Å². The average Bonchev–Trinajstić information content (AvgIpc) is 2.67. The van der Waals surface area contributed by atoms with Gasteiger partial charge in [-0.05, 0) is 13.8 Å². The maximum atomic E-state index is 12.0. The van der Waals surface area contributed by atoms with E-state index in [9.17, 15) is 4.79 Å². The summed E-state index contributed by atoms with van der Waals surface area (Å²) >= 11 is 1.46. The Hall–Kier alpha value is -0.940. The van der Waals surface area contributed by atoms with E-state index in [0.29, 0.717) is 5.69 Å². The first-order chi connectivity index (χ1) is 7.08. The summed E-state index contributed by atoms with van der Waals surface area (Å²) in [5.41, 5.74) is 2.27. The number of amides is 1. The van der Waals surface area contributed by atoms with E-state index in [1.165, 1.54) is 11.3 Å². The number of hydrogen-bond donors (Lipinski definition) is 1. The number of hydrogen-bond acceptors (Lipinski definition) is 4. The molecule has 0 aliphatic carbocycles. The first-order valence-electron chi connectivity index (χ1n) is 5.01. The summed E-state index contributed by atoms with van der Waals surface area (Å²) in [5.74, 6) is 0.0471. The molecule has 1 aromatic rings. The molecule has 1 N–H and O–H groups in total. The summed E-state index contributed by atoms with van der Waals surface area (Å²) in [6.07, 6.45) is 0. The monoisotopic (exact) mass is 225 g/mol. The number of rotatable bonds is 1. The summed E-state index contributed by atoms with van der Waals surface area (Å²) in [7, 11) is 0. The third-order valence-electron chi connectivity index (χ3n) is 2.51. The van der Waals surface area contributed by atoms with Gasteiger partial charge in [-0.15, -0.1) is 11.3 Å². The first-order valence-corrected chi connectivity index (χ1v) is 5.95. The van der Waals surface area contributed by atoms with Gasteiger partial charge in [0.25, 0.3) is 5.91 Å². The van der Waals surface area contributed by atoms with Crippen LogP contribution in [0.15, 0.2) is 10.9 Å². The topological polar surface area (TPSA) is 45.2 Å². The van der Waals surface area contributed by atoms with Gasteiger partial charge in [0.2, 0.25) is 0 Å². The van der Waals surface area contributed by atoms with Crippen molar-refractivity contribution in [2.75, 3.05) is 19.6 Å². The van der Waals surface area contributed by atoms with Crippen molar-refractivity contribution in [1.29, 1.82) is 0 Å². The Morgan fingerprint density at radius 3 is 3.07 bits per heavy atom. The summed E-state index contributed by atoms with van der Waals surface area (Å²) in [4.78, 5) is 17.9. The second-order valence-electron chi connectivity index (χ2n) is 4.41. The van der Waals surface area contributed by atoms with Crippen LogP contribution >= 0.6 is 11.3 Å². The molecule has 0 radical (unpaired) electrons. The number of piperazine rings is 1. The van der Waals surface area contributed by atoms with E-state index in [1.807, 2.05) is 4.90 Å². The molecule has 1 aliphatic heterocycles. The molecule has 1 aliphatic rings. The van der Waals surface area contributed by atoms with Crippen molar-refractivity contribution in [2.24, 2.45) is 0 Å². The number of nitrogens with one attached hydrogen (secondary N) is 1. The van der Waals surface area contributed by atoms with E-state index in [-0.39, 0.29) is 11.4 Å². The van der Waals surface area contributed by atoms with Gasteiger partial charge in [0.15, 0.2) is 0 Å². The van der Waals surface area contributed by atoms with Crippen molar-refractivity contribution in [2.45, 2.75) is 19.4 Å². The zero-order valence-corrected chi connectivity index (χ0v) is 9.80. The number of nitrogens with zero attached hydrogens (tertiary/aromatic N) is 2. The van der Waals surface area contributed by atoms with Crippen molar-refractivity contribution in [3.8, 4) is 0 Å². The standard InChI is InChI=1S/C10H15N3OS/c1-10(2)6-13(4-3-12-10)9(14)8-5-15-7-11-8/h5,7,12H,3-4,6H2,1-2H3. The molecule has 0 unspecified atom stereocenters. The molecule has 0 aromatic carbocycles. The molecule has 1 amide bonds. The number of carbonyl (C=O) groups excluding carboxylic acids is 1. The highest BCUT2D eigenvalue weighted by molar-refractivity contribution is 7.07. The molecule has 2 rings (SSSR count). The van der Waals surface area contributed by atoms with Crippen LogP contribution in [-0.2, 0) is 0 Å². The summed E-state index contributed by atoms with van der Waals surface area (Å²) in [6, 6.07) is 0. The van der Waals surface area contributed by atoms with Gasteiger partial charge in [-0.3, -0.25) is 4.79 Å². The van der Waals surface area contributed by atoms with Gasteiger partial charge < -0.3 is 10.2 Å². The fraction of sp³-hybridized carbons (Fsp3) is 0.600. The highest BCUT2D eigenvalue weighted by Gasteiger charge is 2.29. The highest BCUT2D eigenvalue weighted by Crippen LogP contribution is 2.13. The Balaban J connectivity index is 2.08. The van der Waals surface area contributed by atoms with Crippen LogP contribution < -0.4 is 5.32 Å². The molecule has 0 saturated carbocycles. The molecule has 1 saturated heterocycles. The van der Waals surface area contributed by atoms with E-state index in [4.69, 9.17) is 0 Å². The van der Waals surface area contributed by atoms with Crippen LogP contribution in [0.25, 0.3) is 0 Å². The number of carbonyl (C=O) groups is 1. The van der Waals surface area contributed by atoms with E-state index in [2.05, 4.69) is 24.1 Å². The van der Waals surface area contributed by atoms with Crippen molar-refractivity contribution in [3.63, 3.8) is 0 Å². The quantitative estimate of drug-likeness (QED) is 0.774. The van der Waals surface area contributed by atoms with Crippen LogP contribution in [0.4, 0.5) is 0 Å². The first kappa shape index (κ1) is 10.6. The Labute approximate surface area is 93.3 Å². The van der Waals surface area contributed by atoms with Crippen LogP contribution in [-0.4, -0.2) is 41.0 Å². The smallest absolute Gasteiger partial charge is 0.273 e. The predicted octanol–water partition coefficient (Wildman–Crippen LogP) is 0.967. The lowest BCUT2D eigenvalue weighted by Gasteiger charge is -2.38. The van der Waals surface area contributed by atoms with E-state index in [0.717, 1.165) is 19.6 Å². The second-order valence-corrected chi connectivity index (χ2v) is 5.13. The lowest BCUT2D eigenvalue weighted by Crippen LogP contribution is -2.58. The van der Waals surface area contributed by atoms with Gasteiger partial charge in [0, 0.05) is 30.6 Å². The van der Waals surface area contributed by atoms with Crippen molar-refractivity contribution in [1.82, 2.24) is 15.2 Å². The third kappa shape index (κ3) is 2.35. The molecule has 1 aromatic heterocycles. The van der Waals surface area contributed by atoms with Crippen LogP contribution in [0.1, 0.15) is 24.3 Å². The number of aromatic nitrogens is 1. The van der Waals surface area contributed by atoms with Gasteiger partial charge in [0.05, 0.1) is 5.51 Å². The maximum Gasteiger partial charge on any atom is 0.273 e. The fourth-order valence-corrected chi connectivity index (χ4v) is 2.32. The van der Waals surface area contributed by atoms with Crippen LogP contribution in [0.2, 0.25) is 0 Å². The normalized spacial score (nSPS) is 20.3.